The van der Waals surface area contributed by atoms with Crippen LogP contribution in [0.2, 0.25) is 0 Å². The van der Waals surface area contributed by atoms with Gasteiger partial charge in [-0.1, -0.05) is 0 Å². The fraction of sp³-hybridized carbons (Fsp3) is 0.857. The molecule has 0 saturated carbocycles. The standard InChI is InChI=1S/C7H11F2NO2/c1-5-4-10(2-3-12-5)7(11)6(8)9/h5-6H,2-4H2,1H3. The number of rotatable bonds is 1. The first-order valence-electron chi connectivity index (χ1n) is 3.80. The molecular formula is C7H11F2NO2. The van der Waals surface area contributed by atoms with Crippen molar-refractivity contribution in [3.63, 3.8) is 0 Å². The summed E-state index contributed by atoms with van der Waals surface area (Å²) in [6.07, 6.45) is -3.03. The van der Waals surface area contributed by atoms with Crippen molar-refractivity contribution in [3.05, 3.63) is 0 Å². The van der Waals surface area contributed by atoms with Crippen molar-refractivity contribution < 1.29 is 18.3 Å². The molecule has 1 fully saturated rings. The van der Waals surface area contributed by atoms with Gasteiger partial charge in [0.25, 0.3) is 5.91 Å². The van der Waals surface area contributed by atoms with E-state index in [1.165, 1.54) is 0 Å². The lowest BCUT2D eigenvalue weighted by atomic mass is 10.3. The van der Waals surface area contributed by atoms with E-state index in [0.717, 1.165) is 4.90 Å². The molecule has 1 unspecified atom stereocenters. The lowest BCUT2D eigenvalue weighted by Crippen LogP contribution is -2.46. The zero-order valence-corrected chi connectivity index (χ0v) is 6.80. The molecule has 1 atom stereocenters. The Morgan fingerprint density at radius 3 is 2.83 bits per heavy atom. The largest absolute Gasteiger partial charge is 0.375 e. The van der Waals surface area contributed by atoms with Crippen LogP contribution in [0.25, 0.3) is 0 Å². The van der Waals surface area contributed by atoms with Crippen molar-refractivity contribution in [1.82, 2.24) is 4.90 Å². The smallest absolute Gasteiger partial charge is 0.315 e. The Morgan fingerprint density at radius 2 is 2.33 bits per heavy atom. The molecule has 1 amide bonds. The Labute approximate surface area is 69.3 Å². The van der Waals surface area contributed by atoms with Crippen LogP contribution in [0.1, 0.15) is 6.92 Å². The first-order valence-corrected chi connectivity index (χ1v) is 3.80. The Hall–Kier alpha value is -0.710. The number of hydrogen-bond donors (Lipinski definition) is 0. The number of alkyl halides is 2. The first kappa shape index (κ1) is 9.38. The van der Waals surface area contributed by atoms with Gasteiger partial charge >= 0.3 is 6.43 Å². The first-order chi connectivity index (χ1) is 5.61. The molecule has 1 heterocycles. The lowest BCUT2D eigenvalue weighted by Gasteiger charge is -2.30. The zero-order valence-electron chi connectivity index (χ0n) is 6.80. The van der Waals surface area contributed by atoms with E-state index >= 15 is 0 Å². The highest BCUT2D eigenvalue weighted by atomic mass is 19.3. The van der Waals surface area contributed by atoms with Crippen LogP contribution in [0.4, 0.5) is 8.78 Å². The van der Waals surface area contributed by atoms with Crippen molar-refractivity contribution in [1.29, 1.82) is 0 Å². The topological polar surface area (TPSA) is 29.5 Å². The molecule has 3 nitrogen and oxygen atoms in total. The second-order valence-corrected chi connectivity index (χ2v) is 2.77. The summed E-state index contributed by atoms with van der Waals surface area (Å²) in [7, 11) is 0. The van der Waals surface area contributed by atoms with Gasteiger partial charge in [-0.15, -0.1) is 0 Å². The maximum Gasteiger partial charge on any atom is 0.315 e. The minimum atomic E-state index is -2.89. The van der Waals surface area contributed by atoms with Gasteiger partial charge in [0.1, 0.15) is 0 Å². The number of morpholine rings is 1. The number of carbonyl (C=O) groups excluding carboxylic acids is 1. The summed E-state index contributed by atoms with van der Waals surface area (Å²) in [4.78, 5) is 11.9. The Kier molecular flexibility index (Phi) is 2.97. The summed E-state index contributed by atoms with van der Waals surface area (Å²) in [5.41, 5.74) is 0. The molecule has 0 aliphatic carbocycles. The highest BCUT2D eigenvalue weighted by molar-refractivity contribution is 5.79. The Balaban J connectivity index is 2.46. The van der Waals surface area contributed by atoms with Crippen molar-refractivity contribution in [3.8, 4) is 0 Å². The Morgan fingerprint density at radius 1 is 1.67 bits per heavy atom. The van der Waals surface area contributed by atoms with Crippen LogP contribution in [0.15, 0.2) is 0 Å². The number of hydrogen-bond acceptors (Lipinski definition) is 2. The van der Waals surface area contributed by atoms with Crippen molar-refractivity contribution in [2.24, 2.45) is 0 Å². The average Bonchev–Trinajstić information content (AvgIpc) is 2.03. The van der Waals surface area contributed by atoms with E-state index in [1.807, 2.05) is 0 Å². The molecule has 1 aliphatic rings. The number of ether oxygens (including phenoxy) is 1. The maximum absolute atomic E-state index is 11.9. The quantitative estimate of drug-likeness (QED) is 0.586. The van der Waals surface area contributed by atoms with Crippen LogP contribution in [-0.2, 0) is 9.53 Å². The van der Waals surface area contributed by atoms with Crippen molar-refractivity contribution in [2.45, 2.75) is 19.5 Å². The minimum absolute atomic E-state index is 0.138. The molecule has 70 valence electrons. The monoisotopic (exact) mass is 179 g/mol. The van der Waals surface area contributed by atoms with Crippen molar-refractivity contribution >= 4 is 5.91 Å². The molecule has 0 radical (unpaired) electrons. The molecule has 1 saturated heterocycles. The molecule has 0 aromatic rings. The van der Waals surface area contributed by atoms with Crippen molar-refractivity contribution in [2.75, 3.05) is 19.7 Å². The minimum Gasteiger partial charge on any atom is -0.375 e. The average molecular weight is 179 g/mol. The summed E-state index contributed by atoms with van der Waals surface area (Å²) in [5, 5.41) is 0. The third-order valence-corrected chi connectivity index (χ3v) is 1.74. The summed E-state index contributed by atoms with van der Waals surface area (Å²) in [5.74, 6) is -1.09. The Bertz CT molecular complexity index is 175. The predicted octanol–water partition coefficient (Wildman–Crippen LogP) is 0.499. The summed E-state index contributed by atoms with van der Waals surface area (Å²) in [6, 6.07) is 0. The van der Waals surface area contributed by atoms with Gasteiger partial charge in [-0.2, -0.15) is 8.78 Å². The number of halogens is 2. The fourth-order valence-corrected chi connectivity index (χ4v) is 1.16. The van der Waals surface area contributed by atoms with Gasteiger partial charge in [-0.25, -0.2) is 0 Å². The number of carbonyl (C=O) groups is 1. The van der Waals surface area contributed by atoms with Crippen LogP contribution in [0.3, 0.4) is 0 Å². The number of amides is 1. The fourth-order valence-electron chi connectivity index (χ4n) is 1.16. The van der Waals surface area contributed by atoms with Gasteiger partial charge in [-0.05, 0) is 6.92 Å². The van der Waals surface area contributed by atoms with Gasteiger partial charge in [0.2, 0.25) is 0 Å². The van der Waals surface area contributed by atoms with E-state index in [-0.39, 0.29) is 19.2 Å². The molecular weight excluding hydrogens is 168 g/mol. The van der Waals surface area contributed by atoms with Crippen LogP contribution < -0.4 is 0 Å². The van der Waals surface area contributed by atoms with Gasteiger partial charge in [0, 0.05) is 13.1 Å². The van der Waals surface area contributed by atoms with Crippen LogP contribution in [0, 0.1) is 0 Å². The van der Waals surface area contributed by atoms with Gasteiger partial charge < -0.3 is 9.64 Å². The third-order valence-electron chi connectivity index (χ3n) is 1.74. The zero-order chi connectivity index (χ0) is 9.14. The number of nitrogens with zero attached hydrogens (tertiary/aromatic N) is 1. The van der Waals surface area contributed by atoms with E-state index < -0.39 is 12.3 Å². The second kappa shape index (κ2) is 3.80. The highest BCUT2D eigenvalue weighted by Crippen LogP contribution is 2.08. The molecule has 0 bridgehead atoms. The third kappa shape index (κ3) is 2.14. The van der Waals surface area contributed by atoms with Gasteiger partial charge in [0.15, 0.2) is 0 Å². The predicted molar refractivity (Wildman–Crippen MR) is 38.0 cm³/mol. The molecule has 0 spiro atoms. The molecule has 5 heteroatoms. The normalized spacial score (nSPS) is 24.7. The van der Waals surface area contributed by atoms with Crippen LogP contribution in [0.5, 0.6) is 0 Å². The highest BCUT2D eigenvalue weighted by Gasteiger charge is 2.27. The maximum atomic E-state index is 11.9. The SMILES string of the molecule is CC1CN(C(=O)C(F)F)CCO1. The van der Waals surface area contributed by atoms with E-state index in [2.05, 4.69) is 0 Å². The van der Waals surface area contributed by atoms with E-state index in [4.69, 9.17) is 4.74 Å². The van der Waals surface area contributed by atoms with Gasteiger partial charge in [-0.3, -0.25) is 4.79 Å². The van der Waals surface area contributed by atoms with E-state index in [1.54, 1.807) is 6.92 Å². The molecule has 0 aromatic carbocycles. The van der Waals surface area contributed by atoms with E-state index in [0.29, 0.717) is 6.61 Å². The molecule has 0 N–H and O–H groups in total. The van der Waals surface area contributed by atoms with Crippen LogP contribution >= 0.6 is 0 Å². The lowest BCUT2D eigenvalue weighted by molar-refractivity contribution is -0.149. The van der Waals surface area contributed by atoms with Crippen LogP contribution in [-0.4, -0.2) is 43.0 Å². The molecule has 12 heavy (non-hydrogen) atoms. The summed E-state index contributed by atoms with van der Waals surface area (Å²) in [6.45, 7) is 2.64. The van der Waals surface area contributed by atoms with Gasteiger partial charge in [0.05, 0.1) is 12.7 Å². The molecule has 1 rings (SSSR count). The van der Waals surface area contributed by atoms with E-state index in [9.17, 15) is 13.6 Å². The summed E-state index contributed by atoms with van der Waals surface area (Å²) >= 11 is 0. The second-order valence-electron chi connectivity index (χ2n) is 2.77. The summed E-state index contributed by atoms with van der Waals surface area (Å²) < 4.78 is 28.9. The molecule has 1 aliphatic heterocycles. The molecule has 0 aromatic heterocycles.